The molecule has 2 aliphatic heterocycles. The SMILES string of the molecule is CC(=O)OC1[C@H](Oc2ccc([N+](=O)[O-])cc2Cl)OC2CO[C@@H]2[C@@H]1OC(C)=O. The lowest BCUT2D eigenvalue weighted by molar-refractivity contribution is -0.384. The van der Waals surface area contributed by atoms with E-state index in [0.717, 1.165) is 6.07 Å². The van der Waals surface area contributed by atoms with Gasteiger partial charge in [-0.1, -0.05) is 11.6 Å². The summed E-state index contributed by atoms with van der Waals surface area (Å²) in [6.07, 6.45) is -4.21. The maximum atomic E-state index is 11.5. The molecule has 0 bridgehead atoms. The second kappa shape index (κ2) is 7.67. The van der Waals surface area contributed by atoms with Crippen molar-refractivity contribution >= 4 is 29.2 Å². The first-order chi connectivity index (χ1) is 12.8. The van der Waals surface area contributed by atoms with Crippen molar-refractivity contribution in [2.24, 2.45) is 0 Å². The van der Waals surface area contributed by atoms with Crippen molar-refractivity contribution in [3.05, 3.63) is 33.3 Å². The minimum absolute atomic E-state index is 0.0228. The van der Waals surface area contributed by atoms with Gasteiger partial charge in [-0.05, 0) is 6.07 Å². The number of carbonyl (C=O) groups excluding carboxylic acids is 2. The van der Waals surface area contributed by atoms with E-state index in [9.17, 15) is 19.7 Å². The van der Waals surface area contributed by atoms with Gasteiger partial charge < -0.3 is 23.7 Å². The first kappa shape index (κ1) is 19.3. The number of nitro groups is 1. The Bertz CT molecular complexity index is 770. The number of nitrogens with zero attached hydrogens (tertiary/aromatic N) is 1. The number of ether oxygens (including phenoxy) is 5. The Balaban J connectivity index is 1.86. The van der Waals surface area contributed by atoms with Crippen molar-refractivity contribution in [1.29, 1.82) is 0 Å². The van der Waals surface area contributed by atoms with Crippen LogP contribution in [0.15, 0.2) is 18.2 Å². The van der Waals surface area contributed by atoms with Crippen LogP contribution in [0.4, 0.5) is 5.69 Å². The number of non-ortho nitro benzene ring substituents is 1. The third-order valence-corrected chi connectivity index (χ3v) is 4.31. The summed E-state index contributed by atoms with van der Waals surface area (Å²) < 4.78 is 27.3. The fraction of sp³-hybridized carbons (Fsp3) is 0.500. The van der Waals surface area contributed by atoms with E-state index in [1.807, 2.05) is 0 Å². The van der Waals surface area contributed by atoms with E-state index in [4.69, 9.17) is 35.3 Å². The molecule has 1 aromatic rings. The fourth-order valence-electron chi connectivity index (χ4n) is 2.86. The van der Waals surface area contributed by atoms with Gasteiger partial charge in [0.25, 0.3) is 5.69 Å². The standard InChI is InChI=1S/C16H16ClNO9/c1-7(19)24-14-13-12(6-23-13)27-16(15(14)25-8(2)20)26-11-4-3-9(18(21)22)5-10(11)17/h3-5,12-16H,6H2,1-2H3/t12?,13-,14-,15?,16+/m0/s1. The second-order valence-corrected chi connectivity index (χ2v) is 6.39. The van der Waals surface area contributed by atoms with Gasteiger partial charge in [-0.2, -0.15) is 0 Å². The van der Waals surface area contributed by atoms with Crippen LogP contribution in [0.5, 0.6) is 5.75 Å². The number of carbonyl (C=O) groups is 2. The zero-order chi connectivity index (χ0) is 19.7. The van der Waals surface area contributed by atoms with Crippen LogP contribution in [0.2, 0.25) is 5.02 Å². The van der Waals surface area contributed by atoms with E-state index in [-0.39, 0.29) is 23.1 Å². The van der Waals surface area contributed by atoms with Gasteiger partial charge in [0.2, 0.25) is 12.4 Å². The molecule has 0 aliphatic carbocycles. The first-order valence-electron chi connectivity index (χ1n) is 7.98. The van der Waals surface area contributed by atoms with Crippen LogP contribution in [-0.2, 0) is 28.5 Å². The molecule has 0 spiro atoms. The topological polar surface area (TPSA) is 123 Å². The summed E-state index contributed by atoms with van der Waals surface area (Å²) in [5.74, 6) is -1.13. The van der Waals surface area contributed by atoms with Crippen LogP contribution in [0, 0.1) is 10.1 Å². The maximum Gasteiger partial charge on any atom is 0.303 e. The minimum Gasteiger partial charge on any atom is -0.459 e. The molecule has 2 saturated heterocycles. The fourth-order valence-corrected chi connectivity index (χ4v) is 3.08. The number of fused-ring (bicyclic) bond motifs is 1. The zero-order valence-corrected chi connectivity index (χ0v) is 15.1. The van der Waals surface area contributed by atoms with Gasteiger partial charge in [0.1, 0.15) is 18.0 Å². The molecular formula is C16H16ClNO9. The molecule has 0 radical (unpaired) electrons. The molecular weight excluding hydrogens is 386 g/mol. The molecule has 5 atom stereocenters. The average Bonchev–Trinajstić information content (AvgIpc) is 2.54. The molecule has 0 N–H and O–H groups in total. The monoisotopic (exact) mass is 401 g/mol. The summed E-state index contributed by atoms with van der Waals surface area (Å²) in [6, 6.07) is 3.64. The van der Waals surface area contributed by atoms with Crippen molar-refractivity contribution in [3.8, 4) is 5.75 Å². The highest BCUT2D eigenvalue weighted by molar-refractivity contribution is 6.32. The third-order valence-electron chi connectivity index (χ3n) is 4.02. The summed E-state index contributed by atoms with van der Waals surface area (Å²) in [7, 11) is 0. The molecule has 2 fully saturated rings. The quantitative estimate of drug-likeness (QED) is 0.411. The van der Waals surface area contributed by atoms with Gasteiger partial charge in [-0.25, -0.2) is 0 Å². The summed E-state index contributed by atoms with van der Waals surface area (Å²) in [5, 5.41) is 10.8. The lowest BCUT2D eigenvalue weighted by Gasteiger charge is -2.49. The number of hydrogen-bond acceptors (Lipinski definition) is 9. The highest BCUT2D eigenvalue weighted by atomic mass is 35.5. The molecule has 0 aromatic heterocycles. The molecule has 27 heavy (non-hydrogen) atoms. The van der Waals surface area contributed by atoms with Gasteiger partial charge in [0, 0.05) is 26.0 Å². The van der Waals surface area contributed by atoms with Crippen molar-refractivity contribution in [2.75, 3.05) is 6.61 Å². The zero-order valence-electron chi connectivity index (χ0n) is 14.3. The first-order valence-corrected chi connectivity index (χ1v) is 8.36. The Hall–Kier alpha value is -2.43. The number of rotatable bonds is 5. The van der Waals surface area contributed by atoms with Gasteiger partial charge in [-0.15, -0.1) is 0 Å². The molecule has 1 aromatic carbocycles. The Labute approximate surface area is 158 Å². The van der Waals surface area contributed by atoms with Gasteiger partial charge in [-0.3, -0.25) is 19.7 Å². The van der Waals surface area contributed by atoms with Crippen LogP contribution < -0.4 is 4.74 Å². The van der Waals surface area contributed by atoms with E-state index in [2.05, 4.69) is 0 Å². The lowest BCUT2D eigenvalue weighted by atomic mass is 9.95. The summed E-state index contributed by atoms with van der Waals surface area (Å²) >= 11 is 6.04. The number of hydrogen-bond donors (Lipinski definition) is 0. The molecule has 2 heterocycles. The average molecular weight is 402 g/mol. The summed E-state index contributed by atoms with van der Waals surface area (Å²) in [4.78, 5) is 33.2. The molecule has 3 rings (SSSR count). The second-order valence-electron chi connectivity index (χ2n) is 5.98. The molecule has 0 amide bonds. The Morgan fingerprint density at radius 3 is 2.41 bits per heavy atom. The number of nitro benzene ring substituents is 1. The number of esters is 2. The Kier molecular flexibility index (Phi) is 5.49. The third kappa shape index (κ3) is 4.12. The van der Waals surface area contributed by atoms with Crippen LogP contribution in [-0.4, -0.2) is 54.2 Å². The molecule has 2 aliphatic rings. The Morgan fingerprint density at radius 1 is 1.22 bits per heavy atom. The Morgan fingerprint density at radius 2 is 1.89 bits per heavy atom. The van der Waals surface area contributed by atoms with Crippen molar-refractivity contribution in [3.63, 3.8) is 0 Å². The van der Waals surface area contributed by atoms with Crippen molar-refractivity contribution in [1.82, 2.24) is 0 Å². The van der Waals surface area contributed by atoms with E-state index in [0.29, 0.717) is 0 Å². The van der Waals surface area contributed by atoms with Crippen LogP contribution >= 0.6 is 11.6 Å². The smallest absolute Gasteiger partial charge is 0.303 e. The molecule has 0 saturated carbocycles. The van der Waals surface area contributed by atoms with Gasteiger partial charge in [0.15, 0.2) is 6.10 Å². The minimum atomic E-state index is -1.15. The number of halogens is 1. The van der Waals surface area contributed by atoms with Crippen molar-refractivity contribution in [2.45, 2.75) is 44.6 Å². The molecule has 10 nitrogen and oxygen atoms in total. The molecule has 11 heteroatoms. The van der Waals surface area contributed by atoms with Crippen molar-refractivity contribution < 1.29 is 38.2 Å². The molecule has 2 unspecified atom stereocenters. The molecule has 146 valence electrons. The largest absolute Gasteiger partial charge is 0.459 e. The predicted octanol–water partition coefficient (Wildman–Crippen LogP) is 1.61. The van der Waals surface area contributed by atoms with Crippen LogP contribution in [0.1, 0.15) is 13.8 Å². The predicted molar refractivity (Wildman–Crippen MR) is 88.2 cm³/mol. The van der Waals surface area contributed by atoms with Gasteiger partial charge >= 0.3 is 11.9 Å². The van der Waals surface area contributed by atoms with Crippen LogP contribution in [0.25, 0.3) is 0 Å². The van der Waals surface area contributed by atoms with Gasteiger partial charge in [0.05, 0.1) is 16.6 Å². The summed E-state index contributed by atoms with van der Waals surface area (Å²) in [5.41, 5.74) is -0.210. The van der Waals surface area contributed by atoms with E-state index < -0.39 is 47.6 Å². The van der Waals surface area contributed by atoms with E-state index in [1.165, 1.54) is 26.0 Å². The maximum absolute atomic E-state index is 11.5. The van der Waals surface area contributed by atoms with E-state index >= 15 is 0 Å². The normalized spacial score (nSPS) is 29.1. The summed E-state index contributed by atoms with van der Waals surface area (Å²) in [6.45, 7) is 2.66. The van der Waals surface area contributed by atoms with E-state index in [1.54, 1.807) is 0 Å². The lowest BCUT2D eigenvalue weighted by Crippen LogP contribution is -2.68. The highest BCUT2D eigenvalue weighted by Crippen LogP contribution is 2.37. The van der Waals surface area contributed by atoms with Crippen LogP contribution in [0.3, 0.4) is 0 Å². The highest BCUT2D eigenvalue weighted by Gasteiger charge is 2.56. The number of benzene rings is 1.